The van der Waals surface area contributed by atoms with Crippen LogP contribution in [0.15, 0.2) is 42.9 Å². The number of anilines is 1. The highest BCUT2D eigenvalue weighted by atomic mass is 16.5. The maximum Gasteiger partial charge on any atom is 0.255 e. The smallest absolute Gasteiger partial charge is 0.255 e. The zero-order valence-electron chi connectivity index (χ0n) is 18.1. The van der Waals surface area contributed by atoms with Gasteiger partial charge >= 0.3 is 0 Å². The Bertz CT molecular complexity index is 1070. The Morgan fingerprint density at radius 2 is 2.06 bits per heavy atom. The number of carbonyl (C=O) groups excluding carboxylic acids is 1. The number of aryl methyl sites for hydroxylation is 3. The minimum atomic E-state index is -0.223. The van der Waals surface area contributed by atoms with Gasteiger partial charge in [0.25, 0.3) is 5.91 Å². The van der Waals surface area contributed by atoms with Crippen molar-refractivity contribution >= 4 is 11.7 Å². The molecule has 1 aliphatic rings. The molecule has 0 saturated carbocycles. The van der Waals surface area contributed by atoms with E-state index in [0.717, 1.165) is 34.4 Å². The van der Waals surface area contributed by atoms with Crippen LogP contribution < -0.4 is 21.1 Å². The number of carbonyl (C=O) groups is 1. The molecule has 162 valence electrons. The highest BCUT2D eigenvalue weighted by Crippen LogP contribution is 2.24. The molecule has 0 spiro atoms. The summed E-state index contributed by atoms with van der Waals surface area (Å²) in [6, 6.07) is 8.05. The molecule has 8 heteroatoms. The molecule has 0 bridgehead atoms. The number of pyridine rings is 1. The van der Waals surface area contributed by atoms with E-state index in [1.807, 2.05) is 45.3 Å². The highest BCUT2D eigenvalue weighted by Gasteiger charge is 2.27. The predicted molar refractivity (Wildman–Crippen MR) is 120 cm³/mol. The summed E-state index contributed by atoms with van der Waals surface area (Å²) in [7, 11) is 1.84. The van der Waals surface area contributed by atoms with Gasteiger partial charge in [0.2, 0.25) is 0 Å². The van der Waals surface area contributed by atoms with Gasteiger partial charge in [-0.25, -0.2) is 4.98 Å². The Hall–Kier alpha value is -3.39. The zero-order valence-corrected chi connectivity index (χ0v) is 18.1. The number of aromatic nitrogens is 3. The summed E-state index contributed by atoms with van der Waals surface area (Å²) in [6.07, 6.45) is 6.04. The van der Waals surface area contributed by atoms with Crippen LogP contribution in [0.1, 0.15) is 27.9 Å². The molecule has 1 aromatic carbocycles. The van der Waals surface area contributed by atoms with Crippen LogP contribution in [-0.4, -0.2) is 45.9 Å². The lowest BCUT2D eigenvalue weighted by molar-refractivity contribution is 0.0940. The van der Waals surface area contributed by atoms with Crippen LogP contribution in [0.4, 0.5) is 5.82 Å². The lowest BCUT2D eigenvalue weighted by atomic mass is 10.1. The van der Waals surface area contributed by atoms with Crippen molar-refractivity contribution in [1.82, 2.24) is 25.4 Å². The molecule has 4 rings (SSSR count). The van der Waals surface area contributed by atoms with Crippen LogP contribution in [0, 0.1) is 13.8 Å². The van der Waals surface area contributed by atoms with E-state index in [9.17, 15) is 4.79 Å². The number of ether oxygens (including phenoxy) is 1. The zero-order chi connectivity index (χ0) is 22.0. The molecule has 1 aliphatic heterocycles. The van der Waals surface area contributed by atoms with Gasteiger partial charge in [0.05, 0.1) is 11.8 Å². The summed E-state index contributed by atoms with van der Waals surface area (Å²) in [5.74, 6) is 0.924. The van der Waals surface area contributed by atoms with Crippen LogP contribution in [0.25, 0.3) is 11.1 Å². The van der Waals surface area contributed by atoms with Crippen molar-refractivity contribution in [3.8, 4) is 16.9 Å². The summed E-state index contributed by atoms with van der Waals surface area (Å²) in [5, 5.41) is 10.7. The third kappa shape index (κ3) is 4.69. The SMILES string of the molecule is Cc1cccc(C)c1OC[C@@H]1C[C@H](NC(=O)c2cc(-c3cnn(C)c3)cnc2N)CN1. The molecular formula is C23H28N6O2. The average molecular weight is 421 g/mol. The number of benzene rings is 1. The number of hydrogen-bond acceptors (Lipinski definition) is 6. The second kappa shape index (κ2) is 8.77. The molecule has 0 radical (unpaired) electrons. The molecule has 1 fully saturated rings. The lowest BCUT2D eigenvalue weighted by Crippen LogP contribution is -2.36. The van der Waals surface area contributed by atoms with Crippen molar-refractivity contribution < 1.29 is 9.53 Å². The first kappa shape index (κ1) is 20.9. The number of nitrogens with two attached hydrogens (primary N) is 1. The normalized spacial score (nSPS) is 18.2. The van der Waals surface area contributed by atoms with Gasteiger partial charge in [-0.05, 0) is 37.5 Å². The summed E-state index contributed by atoms with van der Waals surface area (Å²) >= 11 is 0. The third-order valence-electron chi connectivity index (χ3n) is 5.60. The number of amides is 1. The maximum atomic E-state index is 12.9. The van der Waals surface area contributed by atoms with Gasteiger partial charge in [0.15, 0.2) is 0 Å². The first-order valence-corrected chi connectivity index (χ1v) is 10.4. The number of nitrogens with zero attached hydrogens (tertiary/aromatic N) is 3. The minimum absolute atomic E-state index is 0.000477. The van der Waals surface area contributed by atoms with Gasteiger partial charge in [-0.2, -0.15) is 5.10 Å². The van der Waals surface area contributed by atoms with E-state index >= 15 is 0 Å². The minimum Gasteiger partial charge on any atom is -0.491 e. The third-order valence-corrected chi connectivity index (χ3v) is 5.60. The molecule has 1 saturated heterocycles. The summed E-state index contributed by atoms with van der Waals surface area (Å²) in [6.45, 7) is 5.33. The number of nitrogen functional groups attached to an aromatic ring is 1. The van der Waals surface area contributed by atoms with Crippen molar-refractivity contribution in [1.29, 1.82) is 0 Å². The lowest BCUT2D eigenvalue weighted by Gasteiger charge is -2.16. The van der Waals surface area contributed by atoms with Crippen molar-refractivity contribution in [2.45, 2.75) is 32.4 Å². The van der Waals surface area contributed by atoms with E-state index in [0.29, 0.717) is 18.7 Å². The number of hydrogen-bond donors (Lipinski definition) is 3. The van der Waals surface area contributed by atoms with Crippen molar-refractivity contribution in [3.05, 3.63) is 59.5 Å². The molecule has 2 aromatic heterocycles. The monoisotopic (exact) mass is 420 g/mol. The summed E-state index contributed by atoms with van der Waals surface area (Å²) in [4.78, 5) is 17.1. The fourth-order valence-electron chi connectivity index (χ4n) is 3.92. The topological polar surface area (TPSA) is 107 Å². The van der Waals surface area contributed by atoms with E-state index in [-0.39, 0.29) is 23.8 Å². The molecule has 0 unspecified atom stereocenters. The average Bonchev–Trinajstić information content (AvgIpc) is 3.37. The van der Waals surface area contributed by atoms with Gasteiger partial charge < -0.3 is 21.1 Å². The Labute approximate surface area is 181 Å². The van der Waals surface area contributed by atoms with E-state index in [1.54, 1.807) is 23.1 Å². The molecule has 2 atom stereocenters. The molecule has 31 heavy (non-hydrogen) atoms. The van der Waals surface area contributed by atoms with Crippen molar-refractivity contribution in [2.24, 2.45) is 7.05 Å². The first-order valence-electron chi connectivity index (χ1n) is 10.4. The Morgan fingerprint density at radius 3 is 2.77 bits per heavy atom. The maximum absolute atomic E-state index is 12.9. The van der Waals surface area contributed by atoms with Gasteiger partial charge in [-0.1, -0.05) is 18.2 Å². The van der Waals surface area contributed by atoms with E-state index < -0.39 is 0 Å². The number of rotatable bonds is 6. The Kier molecular flexibility index (Phi) is 5.90. The van der Waals surface area contributed by atoms with E-state index in [2.05, 4.69) is 20.7 Å². The molecule has 3 heterocycles. The fraction of sp³-hybridized carbons (Fsp3) is 0.348. The van der Waals surface area contributed by atoms with Crippen molar-refractivity contribution in [2.75, 3.05) is 18.9 Å². The molecule has 0 aliphatic carbocycles. The first-order chi connectivity index (χ1) is 14.9. The second-order valence-electron chi connectivity index (χ2n) is 8.10. The van der Waals surface area contributed by atoms with Gasteiger partial charge in [0.1, 0.15) is 18.2 Å². The molecule has 1 amide bonds. The summed E-state index contributed by atoms with van der Waals surface area (Å²) in [5.41, 5.74) is 10.3. The van der Waals surface area contributed by atoms with Crippen LogP contribution in [0.3, 0.4) is 0 Å². The number of para-hydroxylation sites is 1. The van der Waals surface area contributed by atoms with Crippen molar-refractivity contribution in [3.63, 3.8) is 0 Å². The highest BCUT2D eigenvalue weighted by molar-refractivity contribution is 5.99. The van der Waals surface area contributed by atoms with Crippen LogP contribution in [0.2, 0.25) is 0 Å². The second-order valence-corrected chi connectivity index (χ2v) is 8.10. The number of nitrogens with one attached hydrogen (secondary N) is 2. The fourth-order valence-corrected chi connectivity index (χ4v) is 3.92. The molecule has 8 nitrogen and oxygen atoms in total. The van der Waals surface area contributed by atoms with Crippen LogP contribution in [0.5, 0.6) is 5.75 Å². The van der Waals surface area contributed by atoms with Gasteiger partial charge in [0, 0.05) is 49.2 Å². The summed E-state index contributed by atoms with van der Waals surface area (Å²) < 4.78 is 7.77. The predicted octanol–water partition coefficient (Wildman–Crippen LogP) is 2.22. The molecular weight excluding hydrogens is 392 g/mol. The van der Waals surface area contributed by atoms with Crippen LogP contribution in [-0.2, 0) is 7.05 Å². The largest absolute Gasteiger partial charge is 0.491 e. The molecule has 3 aromatic rings. The van der Waals surface area contributed by atoms with Crippen LogP contribution >= 0.6 is 0 Å². The van der Waals surface area contributed by atoms with Gasteiger partial charge in [-0.3, -0.25) is 9.48 Å². The Morgan fingerprint density at radius 1 is 1.29 bits per heavy atom. The molecule has 4 N–H and O–H groups in total. The Balaban J connectivity index is 1.36. The van der Waals surface area contributed by atoms with E-state index in [1.165, 1.54) is 0 Å². The van der Waals surface area contributed by atoms with E-state index in [4.69, 9.17) is 10.5 Å². The standard InChI is InChI=1S/C23H28N6O2/c1-14-5-4-6-15(2)21(14)31-13-19-8-18(11-25-19)28-23(30)20-7-16(9-26-22(20)24)17-10-27-29(3)12-17/h4-7,9-10,12,18-19,25H,8,11,13H2,1-3H3,(H2,24,26)(H,28,30)/t18-,19-/m0/s1. The quantitative estimate of drug-likeness (QED) is 0.565. The van der Waals surface area contributed by atoms with Gasteiger partial charge in [-0.15, -0.1) is 0 Å².